The van der Waals surface area contributed by atoms with E-state index in [4.69, 9.17) is 4.98 Å². The Kier molecular flexibility index (Phi) is 3.35. The summed E-state index contributed by atoms with van der Waals surface area (Å²) in [6.45, 7) is 1.96. The number of aryl methyl sites for hydroxylation is 1. The molecular weight excluding hydrogens is 274 g/mol. The predicted octanol–water partition coefficient (Wildman–Crippen LogP) is 2.70. The van der Waals surface area contributed by atoms with Gasteiger partial charge in [-0.25, -0.2) is 15.0 Å². The third kappa shape index (κ3) is 2.27. The molecule has 5 heteroatoms. The molecule has 0 spiro atoms. The highest BCUT2D eigenvalue weighted by atomic mass is 15.2. The molecule has 4 rings (SSSR count). The maximum Gasteiger partial charge on any atom is 0.123 e. The molecule has 1 unspecified atom stereocenters. The summed E-state index contributed by atoms with van der Waals surface area (Å²) in [7, 11) is 2.10. The van der Waals surface area contributed by atoms with Gasteiger partial charge in [-0.05, 0) is 37.6 Å². The molecule has 0 N–H and O–H groups in total. The molecule has 1 aliphatic rings. The molecule has 1 atom stereocenters. The molecule has 2 aromatic heterocycles. The summed E-state index contributed by atoms with van der Waals surface area (Å²) in [5.74, 6) is 1.11. The Labute approximate surface area is 129 Å². The normalized spacial score (nSPS) is 19.0. The van der Waals surface area contributed by atoms with Crippen molar-refractivity contribution in [3.05, 3.63) is 54.4 Å². The van der Waals surface area contributed by atoms with E-state index in [-0.39, 0.29) is 0 Å². The van der Waals surface area contributed by atoms with Crippen LogP contribution in [0, 0.1) is 0 Å². The first-order valence-electron chi connectivity index (χ1n) is 7.73. The average molecular weight is 293 g/mol. The van der Waals surface area contributed by atoms with Gasteiger partial charge in [-0.1, -0.05) is 12.1 Å². The summed E-state index contributed by atoms with van der Waals surface area (Å²) in [6.07, 6.45) is 5.83. The van der Waals surface area contributed by atoms with Crippen LogP contribution in [0.25, 0.3) is 11.0 Å². The topological polar surface area (TPSA) is 46.8 Å². The summed E-state index contributed by atoms with van der Waals surface area (Å²) >= 11 is 0. The van der Waals surface area contributed by atoms with Crippen molar-refractivity contribution in [3.8, 4) is 0 Å². The van der Waals surface area contributed by atoms with Gasteiger partial charge in [0.25, 0.3) is 0 Å². The van der Waals surface area contributed by atoms with Crippen molar-refractivity contribution in [2.24, 2.45) is 7.05 Å². The zero-order valence-electron chi connectivity index (χ0n) is 12.7. The van der Waals surface area contributed by atoms with Gasteiger partial charge < -0.3 is 4.57 Å². The Morgan fingerprint density at radius 2 is 2.14 bits per heavy atom. The van der Waals surface area contributed by atoms with E-state index in [0.29, 0.717) is 6.04 Å². The molecule has 3 heterocycles. The third-order valence-electron chi connectivity index (χ3n) is 4.53. The minimum absolute atomic E-state index is 0.378. The van der Waals surface area contributed by atoms with Crippen LogP contribution in [0.4, 0.5) is 0 Å². The maximum absolute atomic E-state index is 4.79. The van der Waals surface area contributed by atoms with Crippen molar-refractivity contribution in [2.45, 2.75) is 25.4 Å². The number of hydrogen-bond acceptors (Lipinski definition) is 4. The second kappa shape index (κ2) is 5.50. The lowest BCUT2D eigenvalue weighted by molar-refractivity contribution is 0.236. The van der Waals surface area contributed by atoms with E-state index >= 15 is 0 Å². The molecule has 1 saturated heterocycles. The van der Waals surface area contributed by atoms with E-state index in [1.807, 2.05) is 18.3 Å². The Morgan fingerprint density at radius 1 is 1.23 bits per heavy atom. The Bertz CT molecular complexity index is 780. The number of rotatable bonds is 3. The van der Waals surface area contributed by atoms with E-state index in [1.54, 1.807) is 6.33 Å². The van der Waals surface area contributed by atoms with Crippen molar-refractivity contribution in [3.63, 3.8) is 0 Å². The summed E-state index contributed by atoms with van der Waals surface area (Å²) in [5, 5.41) is 0. The number of para-hydroxylation sites is 2. The van der Waals surface area contributed by atoms with Crippen LogP contribution in [0.5, 0.6) is 0 Å². The van der Waals surface area contributed by atoms with Crippen LogP contribution in [-0.4, -0.2) is 31.0 Å². The van der Waals surface area contributed by atoms with Crippen molar-refractivity contribution < 1.29 is 0 Å². The van der Waals surface area contributed by atoms with Crippen LogP contribution >= 0.6 is 0 Å². The first kappa shape index (κ1) is 13.4. The van der Waals surface area contributed by atoms with Crippen LogP contribution < -0.4 is 0 Å². The minimum Gasteiger partial charge on any atom is -0.330 e. The molecule has 0 saturated carbocycles. The Hall–Kier alpha value is -2.27. The average Bonchev–Trinajstić information content (AvgIpc) is 3.15. The highest BCUT2D eigenvalue weighted by molar-refractivity contribution is 5.75. The van der Waals surface area contributed by atoms with Gasteiger partial charge in [0, 0.05) is 13.2 Å². The number of imidazole rings is 1. The smallest absolute Gasteiger partial charge is 0.123 e. The molecule has 112 valence electrons. The van der Waals surface area contributed by atoms with Gasteiger partial charge in [-0.3, -0.25) is 4.90 Å². The largest absolute Gasteiger partial charge is 0.330 e. The third-order valence-corrected chi connectivity index (χ3v) is 4.53. The number of fused-ring (bicyclic) bond motifs is 1. The van der Waals surface area contributed by atoms with E-state index in [1.165, 1.54) is 11.9 Å². The summed E-state index contributed by atoms with van der Waals surface area (Å²) < 4.78 is 2.20. The summed E-state index contributed by atoms with van der Waals surface area (Å²) in [6, 6.07) is 10.7. The zero-order valence-corrected chi connectivity index (χ0v) is 12.7. The minimum atomic E-state index is 0.378. The highest BCUT2D eigenvalue weighted by Crippen LogP contribution is 2.31. The first-order valence-corrected chi connectivity index (χ1v) is 7.73. The van der Waals surface area contributed by atoms with Gasteiger partial charge in [-0.15, -0.1) is 0 Å². The van der Waals surface area contributed by atoms with Crippen molar-refractivity contribution in [1.29, 1.82) is 0 Å². The van der Waals surface area contributed by atoms with Crippen molar-refractivity contribution in [1.82, 2.24) is 24.4 Å². The highest BCUT2D eigenvalue weighted by Gasteiger charge is 2.28. The number of aromatic nitrogens is 4. The first-order chi connectivity index (χ1) is 10.8. The zero-order chi connectivity index (χ0) is 14.9. The van der Waals surface area contributed by atoms with E-state index in [9.17, 15) is 0 Å². The van der Waals surface area contributed by atoms with Crippen molar-refractivity contribution >= 4 is 11.0 Å². The van der Waals surface area contributed by atoms with Crippen LogP contribution in [-0.2, 0) is 13.6 Å². The fraction of sp³-hybridized carbons (Fsp3) is 0.353. The molecule has 5 nitrogen and oxygen atoms in total. The quantitative estimate of drug-likeness (QED) is 0.745. The van der Waals surface area contributed by atoms with Crippen LogP contribution in [0.15, 0.2) is 42.9 Å². The Balaban J connectivity index is 1.63. The monoisotopic (exact) mass is 293 g/mol. The summed E-state index contributed by atoms with van der Waals surface area (Å²) in [5.41, 5.74) is 3.37. The SMILES string of the molecule is Cn1c(CN2CCCC2c2ccncn2)nc2ccccc21. The Morgan fingerprint density at radius 3 is 2.95 bits per heavy atom. The lowest BCUT2D eigenvalue weighted by atomic mass is 10.1. The summed E-state index contributed by atoms with van der Waals surface area (Å²) in [4.78, 5) is 15.7. The molecule has 1 fully saturated rings. The standard InChI is InChI=1S/C17H19N5/c1-21-15-6-3-2-5-14(15)20-17(21)11-22-10-4-7-16(22)13-8-9-18-12-19-13/h2-3,5-6,8-9,12,16H,4,7,10-11H2,1H3. The molecule has 0 radical (unpaired) electrons. The van der Waals surface area contributed by atoms with Gasteiger partial charge in [0.05, 0.1) is 29.3 Å². The van der Waals surface area contributed by atoms with Crippen molar-refractivity contribution in [2.75, 3.05) is 6.54 Å². The van der Waals surface area contributed by atoms with Gasteiger partial charge >= 0.3 is 0 Å². The number of nitrogens with zero attached hydrogens (tertiary/aromatic N) is 5. The number of likely N-dealkylation sites (tertiary alicyclic amines) is 1. The van der Waals surface area contributed by atoms with Gasteiger partial charge in [-0.2, -0.15) is 0 Å². The molecule has 3 aromatic rings. The number of benzene rings is 1. The molecule has 0 aliphatic carbocycles. The lowest BCUT2D eigenvalue weighted by Crippen LogP contribution is -2.25. The van der Waals surface area contributed by atoms with Gasteiger partial charge in [0.2, 0.25) is 0 Å². The lowest BCUT2D eigenvalue weighted by Gasteiger charge is -2.23. The molecule has 0 amide bonds. The fourth-order valence-corrected chi connectivity index (χ4v) is 3.37. The van der Waals surface area contributed by atoms with Crippen LogP contribution in [0.1, 0.15) is 30.4 Å². The van der Waals surface area contributed by atoms with Gasteiger partial charge in [0.1, 0.15) is 12.2 Å². The fourth-order valence-electron chi connectivity index (χ4n) is 3.37. The molecule has 0 bridgehead atoms. The number of hydrogen-bond donors (Lipinski definition) is 0. The van der Waals surface area contributed by atoms with E-state index in [0.717, 1.165) is 36.5 Å². The molecule has 1 aromatic carbocycles. The predicted molar refractivity (Wildman–Crippen MR) is 85.1 cm³/mol. The molecular formula is C17H19N5. The van der Waals surface area contributed by atoms with E-state index < -0.39 is 0 Å². The molecule has 22 heavy (non-hydrogen) atoms. The van der Waals surface area contributed by atoms with Gasteiger partial charge in [0.15, 0.2) is 0 Å². The second-order valence-electron chi connectivity index (χ2n) is 5.84. The van der Waals surface area contributed by atoms with E-state index in [2.05, 4.69) is 44.7 Å². The maximum atomic E-state index is 4.79. The second-order valence-corrected chi connectivity index (χ2v) is 5.84. The van der Waals surface area contributed by atoms with Crippen LogP contribution in [0.2, 0.25) is 0 Å². The van der Waals surface area contributed by atoms with Crippen LogP contribution in [0.3, 0.4) is 0 Å². The molecule has 1 aliphatic heterocycles.